The van der Waals surface area contributed by atoms with Crippen LogP contribution in [0.5, 0.6) is 0 Å². The first-order valence-electron chi connectivity index (χ1n) is 8.48. The van der Waals surface area contributed by atoms with Gasteiger partial charge < -0.3 is 10.0 Å². The van der Waals surface area contributed by atoms with Crippen LogP contribution in [0.25, 0.3) is 5.69 Å². The van der Waals surface area contributed by atoms with Gasteiger partial charge in [0.1, 0.15) is 6.04 Å². The fraction of sp³-hybridized carbons (Fsp3) is 0.444. The van der Waals surface area contributed by atoms with Gasteiger partial charge in [0, 0.05) is 6.54 Å². The van der Waals surface area contributed by atoms with E-state index in [1.165, 1.54) is 4.90 Å². The van der Waals surface area contributed by atoms with E-state index in [2.05, 4.69) is 10.3 Å². The third kappa shape index (κ3) is 3.55. The molecule has 0 aliphatic carbocycles. The number of carboxylic acid groups (broad SMARTS) is 1. The van der Waals surface area contributed by atoms with E-state index in [1.54, 1.807) is 4.68 Å². The van der Waals surface area contributed by atoms with E-state index >= 15 is 0 Å². The number of nitrogens with zero attached hydrogens (tertiary/aromatic N) is 4. The zero-order valence-corrected chi connectivity index (χ0v) is 14.5. The Morgan fingerprint density at radius 1 is 1.20 bits per heavy atom. The van der Waals surface area contributed by atoms with Gasteiger partial charge in [-0.2, -0.15) is 0 Å². The molecule has 7 nitrogen and oxygen atoms in total. The van der Waals surface area contributed by atoms with Gasteiger partial charge in [0.15, 0.2) is 0 Å². The Bertz CT molecular complexity index is 782. The van der Waals surface area contributed by atoms with Gasteiger partial charge in [-0.1, -0.05) is 22.9 Å². The molecule has 0 bridgehead atoms. The minimum absolute atomic E-state index is 0.0709. The van der Waals surface area contributed by atoms with Crippen LogP contribution in [0.2, 0.25) is 0 Å². The van der Waals surface area contributed by atoms with Crippen molar-refractivity contribution in [2.75, 3.05) is 6.54 Å². The summed E-state index contributed by atoms with van der Waals surface area (Å²) >= 11 is 0. The van der Waals surface area contributed by atoms with Crippen molar-refractivity contribution in [1.29, 1.82) is 0 Å². The van der Waals surface area contributed by atoms with Crippen molar-refractivity contribution in [2.45, 2.75) is 45.6 Å². The summed E-state index contributed by atoms with van der Waals surface area (Å²) in [7, 11) is 0. The minimum Gasteiger partial charge on any atom is -0.480 e. The van der Waals surface area contributed by atoms with Crippen LogP contribution in [0, 0.1) is 13.8 Å². The molecule has 1 aromatic carbocycles. The zero-order valence-electron chi connectivity index (χ0n) is 14.5. The quantitative estimate of drug-likeness (QED) is 0.917. The Balaban J connectivity index is 1.78. The van der Waals surface area contributed by atoms with Gasteiger partial charge in [0.25, 0.3) is 0 Å². The van der Waals surface area contributed by atoms with Gasteiger partial charge in [-0.15, -0.1) is 5.10 Å². The lowest BCUT2D eigenvalue weighted by Crippen LogP contribution is -2.48. The molecule has 3 rings (SSSR count). The van der Waals surface area contributed by atoms with Crippen LogP contribution < -0.4 is 0 Å². The lowest BCUT2D eigenvalue weighted by atomic mass is 10.0. The van der Waals surface area contributed by atoms with Gasteiger partial charge in [-0.25, -0.2) is 9.48 Å². The Kier molecular flexibility index (Phi) is 4.83. The Hall–Kier alpha value is -2.70. The van der Waals surface area contributed by atoms with Crippen LogP contribution >= 0.6 is 0 Å². The molecule has 7 heteroatoms. The van der Waals surface area contributed by atoms with E-state index in [4.69, 9.17) is 0 Å². The zero-order chi connectivity index (χ0) is 18.0. The third-order valence-corrected chi connectivity index (χ3v) is 4.70. The first kappa shape index (κ1) is 17.1. The van der Waals surface area contributed by atoms with Crippen LogP contribution in [0.1, 0.15) is 36.2 Å². The van der Waals surface area contributed by atoms with E-state index in [0.29, 0.717) is 18.7 Å². The van der Waals surface area contributed by atoms with E-state index in [1.807, 2.05) is 38.1 Å². The van der Waals surface area contributed by atoms with Crippen LogP contribution in [-0.2, 0) is 16.0 Å². The largest absolute Gasteiger partial charge is 0.480 e. The lowest BCUT2D eigenvalue weighted by molar-refractivity contribution is -0.151. The molecular formula is C18H22N4O3. The molecule has 2 aromatic rings. The van der Waals surface area contributed by atoms with Crippen molar-refractivity contribution in [3.8, 4) is 5.69 Å². The summed E-state index contributed by atoms with van der Waals surface area (Å²) in [5.41, 5.74) is 3.42. The fourth-order valence-corrected chi connectivity index (χ4v) is 3.19. The number of likely N-dealkylation sites (tertiary alicyclic amines) is 1. The van der Waals surface area contributed by atoms with Crippen LogP contribution in [0.15, 0.2) is 24.3 Å². The maximum atomic E-state index is 12.6. The van der Waals surface area contributed by atoms with Gasteiger partial charge >= 0.3 is 5.97 Å². The molecule has 0 radical (unpaired) electrons. The van der Waals surface area contributed by atoms with Crippen LogP contribution in [0.4, 0.5) is 0 Å². The standard InChI is InChI=1S/C18H22N4O3/c1-12-6-8-14(9-7-12)22-13(2)15(19-20-22)11-17(23)21-10-4-3-5-16(21)18(24)25/h6-9,16H,3-5,10-11H2,1-2H3,(H,24,25)/t16-/m1/s1. The number of piperidine rings is 1. The van der Waals surface area contributed by atoms with Crippen LogP contribution in [-0.4, -0.2) is 49.5 Å². The van der Waals surface area contributed by atoms with E-state index in [0.717, 1.165) is 29.8 Å². The van der Waals surface area contributed by atoms with Gasteiger partial charge in [-0.05, 0) is 45.2 Å². The molecule has 1 aliphatic heterocycles. The molecule has 132 valence electrons. The topological polar surface area (TPSA) is 88.3 Å². The lowest BCUT2D eigenvalue weighted by Gasteiger charge is -2.32. The number of carbonyl (C=O) groups is 2. The average Bonchev–Trinajstić information content (AvgIpc) is 2.96. The second-order valence-corrected chi connectivity index (χ2v) is 6.48. The van der Waals surface area contributed by atoms with Crippen molar-refractivity contribution in [1.82, 2.24) is 19.9 Å². The minimum atomic E-state index is -0.937. The molecule has 0 unspecified atom stereocenters. The summed E-state index contributed by atoms with van der Waals surface area (Å²) in [6, 6.07) is 7.16. The second-order valence-electron chi connectivity index (χ2n) is 6.48. The van der Waals surface area contributed by atoms with Crippen molar-refractivity contribution in [3.63, 3.8) is 0 Å². The van der Waals surface area contributed by atoms with E-state index in [9.17, 15) is 14.7 Å². The highest BCUT2D eigenvalue weighted by Crippen LogP contribution is 2.20. The van der Waals surface area contributed by atoms with E-state index < -0.39 is 12.0 Å². The first-order chi connectivity index (χ1) is 12.0. The molecule has 1 saturated heterocycles. The summed E-state index contributed by atoms with van der Waals surface area (Å²) in [6.07, 6.45) is 2.26. The first-order valence-corrected chi connectivity index (χ1v) is 8.48. The number of amides is 1. The number of hydrogen-bond donors (Lipinski definition) is 1. The maximum absolute atomic E-state index is 12.6. The maximum Gasteiger partial charge on any atom is 0.326 e. The van der Waals surface area contributed by atoms with Gasteiger partial charge in [-0.3, -0.25) is 4.79 Å². The highest BCUT2D eigenvalue weighted by Gasteiger charge is 2.32. The summed E-state index contributed by atoms with van der Waals surface area (Å²) in [6.45, 7) is 4.37. The number of carboxylic acids is 1. The molecule has 1 atom stereocenters. The summed E-state index contributed by atoms with van der Waals surface area (Å²) < 4.78 is 1.70. The summed E-state index contributed by atoms with van der Waals surface area (Å²) in [4.78, 5) is 25.5. The average molecular weight is 342 g/mol. The molecule has 1 aliphatic rings. The molecule has 2 heterocycles. The van der Waals surface area contributed by atoms with Crippen LogP contribution in [0.3, 0.4) is 0 Å². The Morgan fingerprint density at radius 2 is 1.92 bits per heavy atom. The summed E-state index contributed by atoms with van der Waals surface area (Å²) in [5.74, 6) is -1.14. The second kappa shape index (κ2) is 7.04. The molecule has 0 saturated carbocycles. The summed E-state index contributed by atoms with van der Waals surface area (Å²) in [5, 5.41) is 17.6. The third-order valence-electron chi connectivity index (χ3n) is 4.70. The molecule has 25 heavy (non-hydrogen) atoms. The van der Waals surface area contributed by atoms with Crippen molar-refractivity contribution < 1.29 is 14.7 Å². The van der Waals surface area contributed by atoms with Crippen molar-refractivity contribution >= 4 is 11.9 Å². The normalized spacial score (nSPS) is 17.5. The molecule has 1 N–H and O–H groups in total. The SMILES string of the molecule is Cc1ccc(-n2nnc(CC(=O)N3CCCC[C@@H]3C(=O)O)c2C)cc1. The predicted octanol–water partition coefficient (Wildman–Crippen LogP) is 1.89. The highest BCUT2D eigenvalue weighted by atomic mass is 16.4. The number of carbonyl (C=O) groups excluding carboxylic acids is 1. The predicted molar refractivity (Wildman–Crippen MR) is 91.5 cm³/mol. The molecular weight excluding hydrogens is 320 g/mol. The molecule has 1 aromatic heterocycles. The Morgan fingerprint density at radius 3 is 2.60 bits per heavy atom. The van der Waals surface area contributed by atoms with Gasteiger partial charge in [0.05, 0.1) is 23.5 Å². The number of aromatic nitrogens is 3. The molecule has 1 fully saturated rings. The number of aliphatic carboxylic acids is 1. The molecule has 0 spiro atoms. The van der Waals surface area contributed by atoms with Crippen molar-refractivity contribution in [3.05, 3.63) is 41.2 Å². The number of hydrogen-bond acceptors (Lipinski definition) is 4. The van der Waals surface area contributed by atoms with Crippen molar-refractivity contribution in [2.24, 2.45) is 0 Å². The number of aryl methyl sites for hydroxylation is 1. The smallest absolute Gasteiger partial charge is 0.326 e. The molecule has 1 amide bonds. The highest BCUT2D eigenvalue weighted by molar-refractivity contribution is 5.85. The Labute approximate surface area is 146 Å². The number of benzene rings is 1. The van der Waals surface area contributed by atoms with E-state index in [-0.39, 0.29) is 12.3 Å². The van der Waals surface area contributed by atoms with Gasteiger partial charge in [0.2, 0.25) is 5.91 Å². The number of rotatable bonds is 4. The fourth-order valence-electron chi connectivity index (χ4n) is 3.19. The monoisotopic (exact) mass is 342 g/mol.